The van der Waals surface area contributed by atoms with Crippen molar-refractivity contribution in [2.45, 2.75) is 56.7 Å². The van der Waals surface area contributed by atoms with Gasteiger partial charge in [-0.05, 0) is 58.2 Å². The van der Waals surface area contributed by atoms with Crippen molar-refractivity contribution < 1.29 is 9.53 Å². The van der Waals surface area contributed by atoms with Gasteiger partial charge < -0.3 is 15.0 Å². The smallest absolute Gasteiger partial charge is 0.239 e. The molecule has 4 rings (SSSR count). The van der Waals surface area contributed by atoms with E-state index in [-0.39, 0.29) is 6.04 Å². The van der Waals surface area contributed by atoms with Gasteiger partial charge in [0.15, 0.2) is 0 Å². The van der Waals surface area contributed by atoms with Crippen LogP contribution in [0.2, 0.25) is 0 Å². The summed E-state index contributed by atoms with van der Waals surface area (Å²) in [5.41, 5.74) is 0. The fourth-order valence-electron chi connectivity index (χ4n) is 5.58. The molecule has 23 heavy (non-hydrogen) atoms. The lowest BCUT2D eigenvalue weighted by Crippen LogP contribution is -2.55. The molecule has 5 heteroatoms. The van der Waals surface area contributed by atoms with E-state index < -0.39 is 0 Å². The third-order valence-corrected chi connectivity index (χ3v) is 6.69. The van der Waals surface area contributed by atoms with E-state index in [4.69, 9.17) is 4.74 Å². The van der Waals surface area contributed by atoms with Crippen molar-refractivity contribution in [1.82, 2.24) is 15.1 Å². The molecule has 1 unspecified atom stereocenters. The molecule has 4 fully saturated rings. The number of likely N-dealkylation sites (tertiary alicyclic amines) is 2. The van der Waals surface area contributed by atoms with E-state index in [0.29, 0.717) is 29.9 Å². The van der Waals surface area contributed by atoms with Crippen molar-refractivity contribution in [2.24, 2.45) is 11.8 Å². The molecule has 3 aliphatic heterocycles. The Labute approximate surface area is 139 Å². The van der Waals surface area contributed by atoms with Gasteiger partial charge in [0.1, 0.15) is 0 Å². The lowest BCUT2D eigenvalue weighted by molar-refractivity contribution is -0.142. The number of methoxy groups -OCH3 is 1. The molecule has 0 aromatic rings. The number of ether oxygens (including phenoxy) is 1. The van der Waals surface area contributed by atoms with Crippen molar-refractivity contribution in [1.29, 1.82) is 0 Å². The second-order valence-electron chi connectivity index (χ2n) is 7.92. The van der Waals surface area contributed by atoms with Gasteiger partial charge in [0.05, 0.1) is 12.1 Å². The summed E-state index contributed by atoms with van der Waals surface area (Å²) in [6.07, 6.45) is 7.49. The fourth-order valence-corrected chi connectivity index (χ4v) is 5.58. The van der Waals surface area contributed by atoms with Gasteiger partial charge in [0, 0.05) is 38.1 Å². The average molecular weight is 321 g/mol. The van der Waals surface area contributed by atoms with E-state index in [2.05, 4.69) is 15.1 Å². The van der Waals surface area contributed by atoms with E-state index in [1.54, 1.807) is 0 Å². The number of nitrogens with zero attached hydrogens (tertiary/aromatic N) is 2. The van der Waals surface area contributed by atoms with Gasteiger partial charge in [-0.3, -0.25) is 9.69 Å². The standard InChI is InChI=1S/C18H31N3O2/c1-23-17-13-4-5-14(17)12-20(11-13)18(22)16-3-2-10-21(16)15-6-8-19-9-7-15/h13-17,19H,2-12H2,1H3/t13-,14+,16-,17?/m0/s1. The van der Waals surface area contributed by atoms with Gasteiger partial charge in [-0.1, -0.05) is 0 Å². The van der Waals surface area contributed by atoms with Crippen LogP contribution in [-0.2, 0) is 9.53 Å². The quantitative estimate of drug-likeness (QED) is 0.845. The molecule has 4 aliphatic rings. The predicted molar refractivity (Wildman–Crippen MR) is 89.2 cm³/mol. The Morgan fingerprint density at radius 1 is 1.04 bits per heavy atom. The molecule has 2 bridgehead atoms. The highest BCUT2D eigenvalue weighted by atomic mass is 16.5. The highest BCUT2D eigenvalue weighted by molar-refractivity contribution is 5.82. The largest absolute Gasteiger partial charge is 0.381 e. The van der Waals surface area contributed by atoms with Crippen molar-refractivity contribution in [3.63, 3.8) is 0 Å². The van der Waals surface area contributed by atoms with Crippen LogP contribution in [0.4, 0.5) is 0 Å². The molecule has 1 aliphatic carbocycles. The van der Waals surface area contributed by atoms with Crippen LogP contribution in [-0.4, -0.2) is 73.7 Å². The Balaban J connectivity index is 1.42. The molecule has 0 aromatic heterocycles. The van der Waals surface area contributed by atoms with Crippen molar-refractivity contribution >= 4 is 5.91 Å². The van der Waals surface area contributed by atoms with Crippen molar-refractivity contribution in [3.8, 4) is 0 Å². The number of rotatable bonds is 3. The highest BCUT2D eigenvalue weighted by Gasteiger charge is 2.46. The molecular weight excluding hydrogens is 290 g/mol. The molecule has 130 valence electrons. The lowest BCUT2D eigenvalue weighted by Gasteiger charge is -2.41. The lowest BCUT2D eigenvalue weighted by atomic mass is 9.94. The molecule has 1 N–H and O–H groups in total. The number of amides is 1. The molecule has 0 aromatic carbocycles. The first-order valence-corrected chi connectivity index (χ1v) is 9.56. The van der Waals surface area contributed by atoms with Crippen LogP contribution in [0.25, 0.3) is 0 Å². The average Bonchev–Trinajstić information content (AvgIpc) is 3.17. The first-order valence-electron chi connectivity index (χ1n) is 9.56. The molecule has 3 heterocycles. The maximum absolute atomic E-state index is 13.2. The van der Waals surface area contributed by atoms with Gasteiger partial charge in [0.2, 0.25) is 5.91 Å². The zero-order valence-electron chi connectivity index (χ0n) is 14.4. The second kappa shape index (κ2) is 6.69. The Hall–Kier alpha value is -0.650. The van der Waals surface area contributed by atoms with E-state index in [1.807, 2.05) is 7.11 Å². The monoisotopic (exact) mass is 321 g/mol. The van der Waals surface area contributed by atoms with E-state index in [9.17, 15) is 4.79 Å². The molecule has 0 spiro atoms. The Bertz CT molecular complexity index is 424. The molecular formula is C18H31N3O2. The maximum atomic E-state index is 13.2. The Morgan fingerprint density at radius 2 is 1.74 bits per heavy atom. The van der Waals surface area contributed by atoms with Crippen LogP contribution in [0, 0.1) is 11.8 Å². The summed E-state index contributed by atoms with van der Waals surface area (Å²) in [6.45, 7) is 5.16. The van der Waals surface area contributed by atoms with Crippen LogP contribution in [0.3, 0.4) is 0 Å². The number of carbonyl (C=O) groups excluding carboxylic acids is 1. The van der Waals surface area contributed by atoms with E-state index in [1.165, 1.54) is 32.1 Å². The molecule has 0 radical (unpaired) electrons. The zero-order valence-corrected chi connectivity index (χ0v) is 14.4. The zero-order chi connectivity index (χ0) is 15.8. The summed E-state index contributed by atoms with van der Waals surface area (Å²) < 4.78 is 5.69. The van der Waals surface area contributed by atoms with E-state index in [0.717, 1.165) is 39.1 Å². The van der Waals surface area contributed by atoms with Gasteiger partial charge in [-0.2, -0.15) is 0 Å². The summed E-state index contributed by atoms with van der Waals surface area (Å²) in [6, 6.07) is 0.762. The maximum Gasteiger partial charge on any atom is 0.239 e. The number of carbonyl (C=O) groups is 1. The molecule has 1 saturated carbocycles. The Morgan fingerprint density at radius 3 is 2.39 bits per heavy atom. The Kier molecular flexibility index (Phi) is 4.61. The third-order valence-electron chi connectivity index (χ3n) is 6.69. The molecule has 1 amide bonds. The summed E-state index contributed by atoms with van der Waals surface area (Å²) in [7, 11) is 1.84. The predicted octanol–water partition coefficient (Wildman–Crippen LogP) is 1.09. The van der Waals surface area contributed by atoms with Gasteiger partial charge >= 0.3 is 0 Å². The molecule has 5 nitrogen and oxygen atoms in total. The number of hydrogen-bond donors (Lipinski definition) is 1. The van der Waals surface area contributed by atoms with Gasteiger partial charge in [-0.15, -0.1) is 0 Å². The molecule has 4 atom stereocenters. The van der Waals surface area contributed by atoms with Crippen LogP contribution in [0.5, 0.6) is 0 Å². The van der Waals surface area contributed by atoms with Crippen LogP contribution < -0.4 is 5.32 Å². The summed E-state index contributed by atoms with van der Waals surface area (Å²) >= 11 is 0. The van der Waals surface area contributed by atoms with Crippen LogP contribution >= 0.6 is 0 Å². The summed E-state index contributed by atoms with van der Waals surface area (Å²) in [5.74, 6) is 1.54. The van der Waals surface area contributed by atoms with Crippen LogP contribution in [0.15, 0.2) is 0 Å². The minimum absolute atomic E-state index is 0.150. The minimum Gasteiger partial charge on any atom is -0.381 e. The number of fused-ring (bicyclic) bond motifs is 2. The minimum atomic E-state index is 0.150. The normalized spacial score (nSPS) is 39.1. The second-order valence-corrected chi connectivity index (χ2v) is 7.92. The number of nitrogens with one attached hydrogen (secondary N) is 1. The topological polar surface area (TPSA) is 44.8 Å². The first-order chi connectivity index (χ1) is 11.3. The van der Waals surface area contributed by atoms with Crippen molar-refractivity contribution in [2.75, 3.05) is 39.8 Å². The number of hydrogen-bond acceptors (Lipinski definition) is 4. The fraction of sp³-hybridized carbons (Fsp3) is 0.944. The van der Waals surface area contributed by atoms with Gasteiger partial charge in [-0.25, -0.2) is 0 Å². The van der Waals surface area contributed by atoms with Gasteiger partial charge in [0.25, 0.3) is 0 Å². The van der Waals surface area contributed by atoms with Crippen molar-refractivity contribution in [3.05, 3.63) is 0 Å². The SMILES string of the molecule is COC1[C@@H]2CC[C@H]1CN(C(=O)[C@@H]1CCCN1C1CCNCC1)C2. The van der Waals surface area contributed by atoms with E-state index >= 15 is 0 Å². The highest BCUT2D eigenvalue weighted by Crippen LogP contribution is 2.39. The number of piperidine rings is 2. The molecule has 3 saturated heterocycles. The summed E-state index contributed by atoms with van der Waals surface area (Å²) in [5, 5.41) is 3.44. The third kappa shape index (κ3) is 2.92. The van der Waals surface area contributed by atoms with Crippen LogP contribution in [0.1, 0.15) is 38.5 Å². The summed E-state index contributed by atoms with van der Waals surface area (Å²) in [4.78, 5) is 17.9. The first kappa shape index (κ1) is 15.9.